The average molecular weight is 1310 g/mol. The molecule has 0 aliphatic carbocycles. The third kappa shape index (κ3) is 12.1. The van der Waals surface area contributed by atoms with Gasteiger partial charge in [0.1, 0.15) is 11.6 Å². The first kappa shape index (κ1) is 57.2. The number of benzene rings is 9. The van der Waals surface area contributed by atoms with Gasteiger partial charge in [0, 0.05) is 48.2 Å². The molecule has 11 rings (SSSR count). The minimum atomic E-state index is -2.47. The van der Waals surface area contributed by atoms with Crippen molar-refractivity contribution in [2.24, 2.45) is 0 Å². The van der Waals surface area contributed by atoms with Crippen molar-refractivity contribution < 1.29 is 30.3 Å². The van der Waals surface area contributed by atoms with E-state index in [4.69, 9.17) is 9.97 Å². The van der Waals surface area contributed by atoms with Crippen LogP contribution < -0.4 is 0 Å². The van der Waals surface area contributed by atoms with Crippen molar-refractivity contribution in [3.05, 3.63) is 240 Å². The summed E-state index contributed by atoms with van der Waals surface area (Å²) in [5, 5.41) is 12.9. The zero-order valence-electron chi connectivity index (χ0n) is 55.7. The number of hydrogen-bond donors (Lipinski definition) is 1. The first-order valence-corrected chi connectivity index (χ1v) is 29.9. The summed E-state index contributed by atoms with van der Waals surface area (Å²) in [7, 11) is 0. The van der Waals surface area contributed by atoms with Crippen LogP contribution in [0, 0.1) is 12.9 Å². The second-order valence-electron chi connectivity index (χ2n) is 28.3. The molecule has 86 heavy (non-hydrogen) atoms. The molecule has 0 radical (unpaired) electrons. The fraction of sp³-hybridized carbons (Fsp3) is 0.259. The summed E-state index contributed by atoms with van der Waals surface area (Å²) in [6.45, 7) is 30.6. The number of hydrogen-bond acceptors (Lipinski definition) is 3. The molecule has 0 saturated heterocycles. The number of nitrogens with zero attached hydrogens (tertiary/aromatic N) is 3. The van der Waals surface area contributed by atoms with Gasteiger partial charge < -0.3 is 5.11 Å². The molecule has 438 valence electrons. The van der Waals surface area contributed by atoms with E-state index in [-0.39, 0.29) is 54.0 Å². The molecule has 9 aromatic carbocycles. The molecular formula is C81H82N3OPt-. The Balaban J connectivity index is 0.00000873. The van der Waals surface area contributed by atoms with Crippen molar-refractivity contribution in [1.82, 2.24) is 14.5 Å². The molecule has 0 spiro atoms. The molecule has 0 amide bonds. The number of phenolic OH excluding ortho intramolecular Hbond substituents is 1. The van der Waals surface area contributed by atoms with Crippen LogP contribution in [0.5, 0.6) is 5.75 Å². The molecule has 1 N–H and O–H groups in total. The topological polar surface area (TPSA) is 50.9 Å². The van der Waals surface area contributed by atoms with E-state index < -0.39 is 12.3 Å². The van der Waals surface area contributed by atoms with Gasteiger partial charge in [-0.15, -0.1) is 29.3 Å². The predicted octanol–water partition coefficient (Wildman–Crippen LogP) is 22.1. The van der Waals surface area contributed by atoms with E-state index >= 15 is 0 Å². The zero-order chi connectivity index (χ0) is 63.0. The van der Waals surface area contributed by atoms with Crippen LogP contribution >= 0.6 is 0 Å². The number of imidazole rings is 1. The van der Waals surface area contributed by atoms with Gasteiger partial charge in [0.25, 0.3) is 0 Å². The zero-order valence-corrected chi connectivity index (χ0v) is 54.9. The summed E-state index contributed by atoms with van der Waals surface area (Å²) in [4.78, 5) is 10.8. The summed E-state index contributed by atoms with van der Waals surface area (Å²) < 4.78 is 29.8. The second-order valence-corrected chi connectivity index (χ2v) is 28.3. The smallest absolute Gasteiger partial charge is 0.148 e. The second kappa shape index (κ2) is 23.1. The van der Waals surface area contributed by atoms with Gasteiger partial charge in [0.15, 0.2) is 0 Å². The van der Waals surface area contributed by atoms with E-state index in [1.165, 1.54) is 5.56 Å². The van der Waals surface area contributed by atoms with Gasteiger partial charge in [0.2, 0.25) is 0 Å². The third-order valence-electron chi connectivity index (χ3n) is 16.8. The van der Waals surface area contributed by atoms with Gasteiger partial charge in [-0.25, -0.2) is 4.98 Å². The minimum absolute atomic E-state index is 0. The Labute approximate surface area is 531 Å². The van der Waals surface area contributed by atoms with Crippen molar-refractivity contribution in [2.45, 2.75) is 138 Å². The maximum atomic E-state index is 12.9. The Morgan fingerprint density at radius 1 is 0.419 bits per heavy atom. The SMILES string of the molecule is [2H]C([2H])([2H])c1cc(-c2c(-c3ccccc3)cccc2C(C)(C)C)ccc1-c1ccc(-n2c(-c3cc(C(C)(C)C)cc(C(C)(C)C)c3O)nc3c(-c4[c-]c(-c5cc(-c6ccc(C(C)(C)C)cc6)ccn5)cc(C(C)(C)C)c4)cccc32)c(-c2ccccc2)c1.[Pt]. The molecule has 2 heterocycles. The van der Waals surface area contributed by atoms with Crippen LogP contribution in [0.15, 0.2) is 200 Å². The van der Waals surface area contributed by atoms with Crippen molar-refractivity contribution >= 4 is 11.0 Å². The summed E-state index contributed by atoms with van der Waals surface area (Å²) in [5.74, 6) is 0.740. The molecule has 0 saturated carbocycles. The first-order chi connectivity index (χ1) is 41.3. The maximum absolute atomic E-state index is 12.9. The van der Waals surface area contributed by atoms with Crippen LogP contribution in [0.3, 0.4) is 0 Å². The Morgan fingerprint density at radius 2 is 1.00 bits per heavy atom. The quantitative estimate of drug-likeness (QED) is 0.147. The number of aryl methyl sites for hydroxylation is 1. The van der Waals surface area contributed by atoms with E-state index in [0.717, 1.165) is 111 Å². The van der Waals surface area contributed by atoms with Crippen molar-refractivity contribution in [3.8, 4) is 101 Å². The normalized spacial score (nSPS) is 13.0. The molecule has 11 aromatic rings. The van der Waals surface area contributed by atoms with Crippen molar-refractivity contribution in [1.29, 1.82) is 0 Å². The molecule has 0 fully saturated rings. The summed E-state index contributed by atoms with van der Waals surface area (Å²) in [6.07, 6.45) is 1.89. The standard InChI is InChI=1S/C81H82N3O.Pt/c1-51-43-57(73-64(53-25-19-17-20-26-53)29-23-31-68(73)80(11,12)13)35-39-63(51)56-36-40-71(66(47-56)54-27-21-18-22-28-54)84-72-32-24-30-65(74(72)83-76(84)67-49-62(79(8,9)10)50-69(75(67)85)81(14,15)16)58-44-59(46-61(45-58)78(5,6)7)70-48-55(41-42-82-70)52-33-37-60(38-34-52)77(2,3)4;/h17-43,45-50,85H,1-16H3;/q-1;/i1D3;. The van der Waals surface area contributed by atoms with Crippen LogP contribution in [0.2, 0.25) is 0 Å². The Kier molecular flexibility index (Phi) is 15.3. The largest absolute Gasteiger partial charge is 0.507 e. The molecule has 0 unspecified atom stereocenters. The molecule has 4 nitrogen and oxygen atoms in total. The average Bonchev–Trinajstić information content (AvgIpc) is 1.85. The van der Waals surface area contributed by atoms with Gasteiger partial charge in [0.05, 0.1) is 22.3 Å². The molecular weight excluding hydrogens is 1230 g/mol. The van der Waals surface area contributed by atoms with Crippen LogP contribution in [0.25, 0.3) is 106 Å². The van der Waals surface area contributed by atoms with E-state index in [1.807, 2.05) is 60.8 Å². The number of aromatic hydroxyl groups is 1. The van der Waals surface area contributed by atoms with Gasteiger partial charge in [-0.2, -0.15) is 0 Å². The number of rotatable bonds is 9. The van der Waals surface area contributed by atoms with E-state index in [0.29, 0.717) is 17.0 Å². The Morgan fingerprint density at radius 3 is 1.63 bits per heavy atom. The van der Waals surface area contributed by atoms with Gasteiger partial charge in [-0.05, 0) is 137 Å². The summed E-state index contributed by atoms with van der Waals surface area (Å²) in [6, 6.07) is 71.3. The predicted molar refractivity (Wildman–Crippen MR) is 361 cm³/mol. The number of pyridine rings is 1. The first-order valence-electron chi connectivity index (χ1n) is 31.4. The fourth-order valence-corrected chi connectivity index (χ4v) is 11.8. The van der Waals surface area contributed by atoms with Crippen molar-refractivity contribution in [3.63, 3.8) is 0 Å². The van der Waals surface area contributed by atoms with Gasteiger partial charge >= 0.3 is 0 Å². The number of aromatic nitrogens is 3. The van der Waals surface area contributed by atoms with Crippen LogP contribution in [0.4, 0.5) is 0 Å². The Hall–Kier alpha value is -7.91. The molecule has 0 aliphatic rings. The molecule has 0 aliphatic heterocycles. The molecule has 2 aromatic heterocycles. The number of para-hydroxylation sites is 1. The number of fused-ring (bicyclic) bond motifs is 1. The summed E-state index contributed by atoms with van der Waals surface area (Å²) >= 11 is 0. The monoisotopic (exact) mass is 1310 g/mol. The molecule has 0 bridgehead atoms. The third-order valence-corrected chi connectivity index (χ3v) is 16.8. The van der Waals surface area contributed by atoms with E-state index in [9.17, 15) is 9.22 Å². The minimum Gasteiger partial charge on any atom is -0.507 e. The van der Waals surface area contributed by atoms with E-state index in [1.54, 1.807) is 0 Å². The van der Waals surface area contributed by atoms with Crippen LogP contribution in [0.1, 0.15) is 141 Å². The molecule has 5 heteroatoms. The van der Waals surface area contributed by atoms with Crippen molar-refractivity contribution in [2.75, 3.05) is 0 Å². The Bertz CT molecular complexity index is 4430. The maximum Gasteiger partial charge on any atom is 0.148 e. The summed E-state index contributed by atoms with van der Waals surface area (Å²) in [5.41, 5.74) is 20.3. The molecule has 0 atom stereocenters. The van der Waals surface area contributed by atoms with Gasteiger partial charge in [-0.3, -0.25) is 9.55 Å². The van der Waals surface area contributed by atoms with E-state index in [2.05, 4.69) is 254 Å². The number of phenols is 1. The van der Waals surface area contributed by atoms with Crippen LogP contribution in [-0.2, 0) is 48.1 Å². The van der Waals surface area contributed by atoms with Gasteiger partial charge in [-0.1, -0.05) is 267 Å². The fourth-order valence-electron chi connectivity index (χ4n) is 11.8. The van der Waals surface area contributed by atoms with Crippen LogP contribution in [-0.4, -0.2) is 19.6 Å².